The van der Waals surface area contributed by atoms with Gasteiger partial charge in [-0.25, -0.2) is 4.98 Å². The molecule has 1 saturated heterocycles. The Morgan fingerprint density at radius 1 is 1.50 bits per heavy atom. The minimum Gasteiger partial charge on any atom is -0.343 e. The van der Waals surface area contributed by atoms with Crippen molar-refractivity contribution in [3.05, 3.63) is 34.0 Å². The van der Waals surface area contributed by atoms with E-state index >= 15 is 0 Å². The predicted molar refractivity (Wildman–Crippen MR) is 77.7 cm³/mol. The summed E-state index contributed by atoms with van der Waals surface area (Å²) in [5, 5.41) is 9.47. The van der Waals surface area contributed by atoms with E-state index in [1.165, 1.54) is 4.88 Å². The number of carbonyl (C=O) groups excluding carboxylic acids is 1. The van der Waals surface area contributed by atoms with Crippen molar-refractivity contribution in [2.75, 3.05) is 13.1 Å². The first-order valence-electron chi connectivity index (χ1n) is 6.91. The highest BCUT2D eigenvalue weighted by atomic mass is 32.1. The van der Waals surface area contributed by atoms with Crippen molar-refractivity contribution in [2.24, 2.45) is 0 Å². The number of likely N-dealkylation sites (tertiary alicyclic amines) is 1. The largest absolute Gasteiger partial charge is 0.343 e. The van der Waals surface area contributed by atoms with Crippen LogP contribution in [-0.2, 0) is 11.2 Å². The Balaban J connectivity index is 1.61. The van der Waals surface area contributed by atoms with Crippen LogP contribution >= 0.6 is 11.3 Å². The van der Waals surface area contributed by atoms with Crippen LogP contribution in [0, 0.1) is 0 Å². The van der Waals surface area contributed by atoms with Crippen molar-refractivity contribution in [1.29, 1.82) is 0 Å². The topological polar surface area (TPSA) is 61.9 Å². The average molecular weight is 290 g/mol. The number of aromatic nitrogens is 3. The molecule has 106 valence electrons. The van der Waals surface area contributed by atoms with E-state index in [4.69, 9.17) is 0 Å². The number of hydrogen-bond acceptors (Lipinski definition) is 4. The molecular weight excluding hydrogens is 272 g/mol. The molecule has 0 spiro atoms. The van der Waals surface area contributed by atoms with Gasteiger partial charge < -0.3 is 4.90 Å². The van der Waals surface area contributed by atoms with Gasteiger partial charge in [0, 0.05) is 37.2 Å². The van der Waals surface area contributed by atoms with Crippen molar-refractivity contribution < 1.29 is 4.79 Å². The molecule has 0 unspecified atom stereocenters. The monoisotopic (exact) mass is 290 g/mol. The second kappa shape index (κ2) is 5.75. The van der Waals surface area contributed by atoms with E-state index < -0.39 is 0 Å². The summed E-state index contributed by atoms with van der Waals surface area (Å²) in [6.45, 7) is 3.26. The zero-order chi connectivity index (χ0) is 13.9. The van der Waals surface area contributed by atoms with Crippen LogP contribution in [0.3, 0.4) is 0 Å². The zero-order valence-corrected chi connectivity index (χ0v) is 12.3. The van der Waals surface area contributed by atoms with Gasteiger partial charge in [-0.3, -0.25) is 9.89 Å². The standard InChI is InChI=1S/C14H18N4OS/c1-10(19)18-6-4-11(5-7-18)14-15-13(16-17-14)9-12-3-2-8-20-12/h2-3,8,11H,4-7,9H2,1H3,(H,15,16,17). The molecule has 2 aromatic heterocycles. The van der Waals surface area contributed by atoms with Gasteiger partial charge in [-0.15, -0.1) is 11.3 Å². The SMILES string of the molecule is CC(=O)N1CCC(c2n[nH]c(Cc3cccs3)n2)CC1. The van der Waals surface area contributed by atoms with Gasteiger partial charge in [0.1, 0.15) is 5.82 Å². The van der Waals surface area contributed by atoms with E-state index in [0.29, 0.717) is 5.92 Å². The van der Waals surface area contributed by atoms with Crippen LogP contribution in [-0.4, -0.2) is 39.1 Å². The third-order valence-corrected chi connectivity index (χ3v) is 4.65. The summed E-state index contributed by atoms with van der Waals surface area (Å²) in [5.74, 6) is 2.37. The minimum atomic E-state index is 0.164. The van der Waals surface area contributed by atoms with Crippen LogP contribution in [0.1, 0.15) is 42.2 Å². The van der Waals surface area contributed by atoms with Gasteiger partial charge in [0.25, 0.3) is 0 Å². The van der Waals surface area contributed by atoms with Gasteiger partial charge in [-0.05, 0) is 24.3 Å². The average Bonchev–Trinajstić information content (AvgIpc) is 3.11. The fraction of sp³-hybridized carbons (Fsp3) is 0.500. The van der Waals surface area contributed by atoms with Crippen molar-refractivity contribution in [1.82, 2.24) is 20.1 Å². The van der Waals surface area contributed by atoms with E-state index in [1.807, 2.05) is 4.90 Å². The summed E-state index contributed by atoms with van der Waals surface area (Å²) in [7, 11) is 0. The third kappa shape index (κ3) is 2.90. The number of hydrogen-bond donors (Lipinski definition) is 1. The Bertz CT molecular complexity index is 570. The highest BCUT2D eigenvalue weighted by Crippen LogP contribution is 2.25. The molecule has 3 heterocycles. The fourth-order valence-corrected chi connectivity index (χ4v) is 3.31. The summed E-state index contributed by atoms with van der Waals surface area (Å²) < 4.78 is 0. The second-order valence-electron chi connectivity index (χ2n) is 5.18. The molecule has 5 nitrogen and oxygen atoms in total. The summed E-state index contributed by atoms with van der Waals surface area (Å²) in [5.41, 5.74) is 0. The summed E-state index contributed by atoms with van der Waals surface area (Å²) in [4.78, 5) is 19.1. The molecule has 3 rings (SSSR count). The molecule has 1 aliphatic heterocycles. The Hall–Kier alpha value is -1.69. The van der Waals surface area contributed by atoms with E-state index in [-0.39, 0.29) is 5.91 Å². The first kappa shape index (κ1) is 13.3. The van der Waals surface area contributed by atoms with Crippen LogP contribution in [0.25, 0.3) is 0 Å². The normalized spacial score (nSPS) is 16.6. The van der Waals surface area contributed by atoms with Gasteiger partial charge in [0.2, 0.25) is 5.91 Å². The highest BCUT2D eigenvalue weighted by Gasteiger charge is 2.24. The summed E-state index contributed by atoms with van der Waals surface area (Å²) in [6, 6.07) is 4.16. The zero-order valence-electron chi connectivity index (χ0n) is 11.5. The Morgan fingerprint density at radius 3 is 2.95 bits per heavy atom. The number of aromatic amines is 1. The first-order chi connectivity index (χ1) is 9.72. The molecule has 6 heteroatoms. The molecular formula is C14H18N4OS. The highest BCUT2D eigenvalue weighted by molar-refractivity contribution is 7.09. The van der Waals surface area contributed by atoms with Gasteiger partial charge in [0.15, 0.2) is 5.82 Å². The lowest BCUT2D eigenvalue weighted by molar-refractivity contribution is -0.129. The number of H-pyrrole nitrogens is 1. The van der Waals surface area contributed by atoms with Crippen molar-refractivity contribution in [2.45, 2.75) is 32.1 Å². The number of carbonyl (C=O) groups is 1. The van der Waals surface area contributed by atoms with E-state index in [0.717, 1.165) is 44.0 Å². The Kier molecular flexibility index (Phi) is 3.82. The van der Waals surface area contributed by atoms with Crippen LogP contribution in [0.2, 0.25) is 0 Å². The molecule has 0 saturated carbocycles. The lowest BCUT2D eigenvalue weighted by atomic mass is 9.96. The molecule has 2 aromatic rings. The molecule has 0 radical (unpaired) electrons. The molecule has 1 aliphatic rings. The summed E-state index contributed by atoms with van der Waals surface area (Å²) in [6.07, 6.45) is 2.72. The fourth-order valence-electron chi connectivity index (χ4n) is 2.60. The van der Waals surface area contributed by atoms with Gasteiger partial charge >= 0.3 is 0 Å². The maximum Gasteiger partial charge on any atom is 0.219 e. The maximum atomic E-state index is 11.3. The van der Waals surface area contributed by atoms with Crippen molar-refractivity contribution in [3.63, 3.8) is 0 Å². The Morgan fingerprint density at radius 2 is 2.30 bits per heavy atom. The van der Waals surface area contributed by atoms with Crippen molar-refractivity contribution in [3.8, 4) is 0 Å². The Labute approximate surface area is 122 Å². The molecule has 0 bridgehead atoms. The quantitative estimate of drug-likeness (QED) is 0.942. The molecule has 1 N–H and O–H groups in total. The van der Waals surface area contributed by atoms with E-state index in [9.17, 15) is 4.79 Å². The van der Waals surface area contributed by atoms with Crippen LogP contribution in [0.4, 0.5) is 0 Å². The lowest BCUT2D eigenvalue weighted by Crippen LogP contribution is -2.36. The van der Waals surface area contributed by atoms with Crippen LogP contribution in [0.15, 0.2) is 17.5 Å². The number of nitrogens with one attached hydrogen (secondary N) is 1. The molecule has 0 aromatic carbocycles. The molecule has 0 aliphatic carbocycles. The smallest absolute Gasteiger partial charge is 0.219 e. The maximum absolute atomic E-state index is 11.3. The molecule has 20 heavy (non-hydrogen) atoms. The van der Waals surface area contributed by atoms with Crippen LogP contribution < -0.4 is 0 Å². The number of piperidine rings is 1. The number of nitrogens with zero attached hydrogens (tertiary/aromatic N) is 3. The number of rotatable bonds is 3. The van der Waals surface area contributed by atoms with Crippen LogP contribution in [0.5, 0.6) is 0 Å². The lowest BCUT2D eigenvalue weighted by Gasteiger charge is -2.29. The van der Waals surface area contributed by atoms with Crippen molar-refractivity contribution >= 4 is 17.2 Å². The summed E-state index contributed by atoms with van der Waals surface area (Å²) >= 11 is 1.73. The second-order valence-corrected chi connectivity index (χ2v) is 6.21. The van der Waals surface area contributed by atoms with Gasteiger partial charge in [-0.1, -0.05) is 6.07 Å². The molecule has 1 fully saturated rings. The third-order valence-electron chi connectivity index (χ3n) is 3.78. The first-order valence-corrected chi connectivity index (χ1v) is 7.79. The minimum absolute atomic E-state index is 0.164. The van der Waals surface area contributed by atoms with E-state index in [2.05, 4.69) is 32.7 Å². The van der Waals surface area contributed by atoms with Gasteiger partial charge in [0.05, 0.1) is 0 Å². The molecule has 0 atom stereocenters. The van der Waals surface area contributed by atoms with Gasteiger partial charge in [-0.2, -0.15) is 5.10 Å². The van der Waals surface area contributed by atoms with E-state index in [1.54, 1.807) is 18.3 Å². The number of thiophene rings is 1. The number of amides is 1. The predicted octanol–water partition coefficient (Wildman–Crippen LogP) is 2.18. The molecule has 1 amide bonds.